The Morgan fingerprint density at radius 3 is 2.75 bits per heavy atom. The topological polar surface area (TPSA) is 67.2 Å². The van der Waals surface area contributed by atoms with Crippen molar-refractivity contribution < 1.29 is 9.59 Å². The van der Waals surface area contributed by atoms with Gasteiger partial charge in [-0.15, -0.1) is 0 Å². The summed E-state index contributed by atoms with van der Waals surface area (Å²) < 4.78 is 1.83. The third-order valence-corrected chi connectivity index (χ3v) is 3.87. The van der Waals surface area contributed by atoms with E-state index in [1.54, 1.807) is 18.0 Å². The van der Waals surface area contributed by atoms with Crippen molar-refractivity contribution in [3.63, 3.8) is 0 Å². The minimum atomic E-state index is -0.797. The zero-order valence-corrected chi connectivity index (χ0v) is 12.3. The summed E-state index contributed by atoms with van der Waals surface area (Å²) in [6.45, 7) is 7.49. The SMILES string of the molecule is CCn1cc(CN2CCC(=O)NC(C)(CC)C2=O)cn1. The van der Waals surface area contributed by atoms with Crippen LogP contribution in [0.25, 0.3) is 0 Å². The highest BCUT2D eigenvalue weighted by Crippen LogP contribution is 2.19. The van der Waals surface area contributed by atoms with E-state index < -0.39 is 5.54 Å². The highest BCUT2D eigenvalue weighted by molar-refractivity contribution is 5.93. The molecule has 1 aromatic rings. The summed E-state index contributed by atoms with van der Waals surface area (Å²) in [5, 5.41) is 7.05. The molecule has 2 amide bonds. The Kier molecular flexibility index (Phi) is 4.11. The van der Waals surface area contributed by atoms with Crippen molar-refractivity contribution >= 4 is 11.8 Å². The quantitative estimate of drug-likeness (QED) is 0.890. The molecule has 0 saturated carbocycles. The first kappa shape index (κ1) is 14.6. The van der Waals surface area contributed by atoms with Gasteiger partial charge in [0.15, 0.2) is 0 Å². The van der Waals surface area contributed by atoms with Crippen LogP contribution in [0.4, 0.5) is 0 Å². The van der Waals surface area contributed by atoms with E-state index in [0.29, 0.717) is 25.9 Å². The van der Waals surface area contributed by atoms with E-state index in [2.05, 4.69) is 10.4 Å². The van der Waals surface area contributed by atoms with Crippen molar-refractivity contribution in [1.29, 1.82) is 0 Å². The molecule has 110 valence electrons. The van der Waals surface area contributed by atoms with Crippen LogP contribution in [-0.4, -0.2) is 38.6 Å². The number of nitrogens with one attached hydrogen (secondary N) is 1. The van der Waals surface area contributed by atoms with Gasteiger partial charge in [0, 0.05) is 37.8 Å². The minimum absolute atomic E-state index is 0.0184. The zero-order valence-electron chi connectivity index (χ0n) is 12.3. The minimum Gasteiger partial charge on any atom is -0.342 e. The van der Waals surface area contributed by atoms with Crippen LogP contribution in [0, 0.1) is 0 Å². The first-order chi connectivity index (χ1) is 9.48. The van der Waals surface area contributed by atoms with Crippen LogP contribution in [-0.2, 0) is 22.7 Å². The Morgan fingerprint density at radius 2 is 2.15 bits per heavy atom. The van der Waals surface area contributed by atoms with Gasteiger partial charge in [-0.05, 0) is 20.3 Å². The first-order valence-electron chi connectivity index (χ1n) is 7.10. The number of hydrogen-bond donors (Lipinski definition) is 1. The summed E-state index contributed by atoms with van der Waals surface area (Å²) in [4.78, 5) is 26.1. The number of carbonyl (C=O) groups excluding carboxylic acids is 2. The number of aromatic nitrogens is 2. The van der Waals surface area contributed by atoms with Gasteiger partial charge in [-0.3, -0.25) is 14.3 Å². The molecule has 1 unspecified atom stereocenters. The maximum absolute atomic E-state index is 12.6. The van der Waals surface area contributed by atoms with Crippen molar-refractivity contribution in [2.24, 2.45) is 0 Å². The largest absolute Gasteiger partial charge is 0.342 e. The molecule has 0 radical (unpaired) electrons. The Balaban J connectivity index is 2.17. The third-order valence-electron chi connectivity index (χ3n) is 3.87. The first-order valence-corrected chi connectivity index (χ1v) is 7.10. The second-order valence-electron chi connectivity index (χ2n) is 5.41. The van der Waals surface area contributed by atoms with E-state index >= 15 is 0 Å². The summed E-state index contributed by atoms with van der Waals surface area (Å²) in [6, 6.07) is 0. The lowest BCUT2D eigenvalue weighted by Crippen LogP contribution is -2.54. The summed E-state index contributed by atoms with van der Waals surface area (Å²) in [7, 11) is 0. The highest BCUT2D eigenvalue weighted by atomic mass is 16.2. The average Bonchev–Trinajstić information content (AvgIpc) is 2.86. The van der Waals surface area contributed by atoms with Gasteiger partial charge < -0.3 is 10.2 Å². The maximum Gasteiger partial charge on any atom is 0.248 e. The zero-order chi connectivity index (χ0) is 14.8. The molecule has 2 rings (SSSR count). The Hall–Kier alpha value is -1.85. The fraction of sp³-hybridized carbons (Fsp3) is 0.643. The van der Waals surface area contributed by atoms with Gasteiger partial charge in [0.25, 0.3) is 0 Å². The summed E-state index contributed by atoms with van der Waals surface area (Å²) >= 11 is 0. The second-order valence-corrected chi connectivity index (χ2v) is 5.41. The number of hydrogen-bond acceptors (Lipinski definition) is 3. The molecule has 0 aromatic carbocycles. The van der Waals surface area contributed by atoms with Gasteiger partial charge in [-0.25, -0.2) is 0 Å². The standard InChI is InChI=1S/C14H22N4O2/c1-4-14(3)13(20)17(7-6-12(19)16-14)9-11-8-15-18(5-2)10-11/h8,10H,4-7,9H2,1-3H3,(H,16,19). The monoisotopic (exact) mass is 278 g/mol. The van der Waals surface area contributed by atoms with Crippen LogP contribution < -0.4 is 5.32 Å². The van der Waals surface area contributed by atoms with E-state index in [1.165, 1.54) is 0 Å². The van der Waals surface area contributed by atoms with E-state index in [1.807, 2.05) is 24.7 Å². The van der Waals surface area contributed by atoms with Crippen molar-refractivity contribution in [2.75, 3.05) is 6.54 Å². The summed E-state index contributed by atoms with van der Waals surface area (Å²) in [5.41, 5.74) is 0.196. The molecular formula is C14H22N4O2. The van der Waals surface area contributed by atoms with Gasteiger partial charge in [0.05, 0.1) is 6.20 Å². The lowest BCUT2D eigenvalue weighted by atomic mass is 9.97. The van der Waals surface area contributed by atoms with Gasteiger partial charge >= 0.3 is 0 Å². The van der Waals surface area contributed by atoms with Crippen LogP contribution in [0.5, 0.6) is 0 Å². The van der Waals surface area contributed by atoms with Crippen LogP contribution in [0.2, 0.25) is 0 Å². The molecule has 1 aromatic heterocycles. The summed E-state index contributed by atoms with van der Waals surface area (Å²) in [6.07, 6.45) is 4.66. The van der Waals surface area contributed by atoms with Gasteiger partial charge in [0.2, 0.25) is 11.8 Å². The average molecular weight is 278 g/mol. The van der Waals surface area contributed by atoms with Crippen molar-refractivity contribution in [2.45, 2.75) is 52.2 Å². The third kappa shape index (κ3) is 2.84. The molecule has 6 nitrogen and oxygen atoms in total. The normalized spacial score (nSPS) is 23.6. The smallest absolute Gasteiger partial charge is 0.248 e. The van der Waals surface area contributed by atoms with Crippen molar-refractivity contribution in [3.05, 3.63) is 18.0 Å². The molecule has 2 heterocycles. The van der Waals surface area contributed by atoms with Crippen LogP contribution in [0.3, 0.4) is 0 Å². The lowest BCUT2D eigenvalue weighted by molar-refractivity contribution is -0.138. The molecule has 0 bridgehead atoms. The van der Waals surface area contributed by atoms with Crippen molar-refractivity contribution in [1.82, 2.24) is 20.0 Å². The van der Waals surface area contributed by atoms with Crippen LogP contribution in [0.15, 0.2) is 12.4 Å². The number of amides is 2. The molecule has 6 heteroatoms. The Labute approximate surface area is 119 Å². The molecule has 20 heavy (non-hydrogen) atoms. The van der Waals surface area contributed by atoms with Gasteiger partial charge in [-0.2, -0.15) is 5.10 Å². The van der Waals surface area contributed by atoms with E-state index in [0.717, 1.165) is 12.1 Å². The van der Waals surface area contributed by atoms with E-state index in [9.17, 15) is 9.59 Å². The molecule has 0 spiro atoms. The second kappa shape index (κ2) is 5.64. The molecule has 1 saturated heterocycles. The number of aryl methyl sites for hydroxylation is 1. The number of nitrogens with zero attached hydrogens (tertiary/aromatic N) is 3. The highest BCUT2D eigenvalue weighted by Gasteiger charge is 2.39. The summed E-state index contributed by atoms with van der Waals surface area (Å²) in [5.74, 6) is -0.0791. The predicted molar refractivity (Wildman–Crippen MR) is 74.8 cm³/mol. The predicted octanol–water partition coefficient (Wildman–Crippen LogP) is 0.920. The molecule has 1 aliphatic rings. The van der Waals surface area contributed by atoms with Crippen molar-refractivity contribution in [3.8, 4) is 0 Å². The van der Waals surface area contributed by atoms with E-state index in [4.69, 9.17) is 0 Å². The molecule has 1 aliphatic heterocycles. The molecule has 0 aliphatic carbocycles. The molecule has 1 N–H and O–H groups in total. The number of rotatable bonds is 4. The van der Waals surface area contributed by atoms with Crippen LogP contribution in [0.1, 0.15) is 39.2 Å². The fourth-order valence-corrected chi connectivity index (χ4v) is 2.38. The maximum atomic E-state index is 12.6. The Bertz CT molecular complexity index is 511. The van der Waals surface area contributed by atoms with Crippen LogP contribution >= 0.6 is 0 Å². The Morgan fingerprint density at radius 1 is 1.40 bits per heavy atom. The number of carbonyl (C=O) groups is 2. The fourth-order valence-electron chi connectivity index (χ4n) is 2.38. The molecule has 1 atom stereocenters. The van der Waals surface area contributed by atoms with Gasteiger partial charge in [-0.1, -0.05) is 6.92 Å². The molecular weight excluding hydrogens is 256 g/mol. The van der Waals surface area contributed by atoms with E-state index in [-0.39, 0.29) is 11.8 Å². The lowest BCUT2D eigenvalue weighted by Gasteiger charge is -2.31. The van der Waals surface area contributed by atoms with Gasteiger partial charge in [0.1, 0.15) is 5.54 Å². The molecule has 1 fully saturated rings.